The van der Waals surface area contributed by atoms with Gasteiger partial charge in [0.15, 0.2) is 0 Å². The number of nitrogens with one attached hydrogen (secondary N) is 1. The maximum absolute atomic E-state index is 3.57. The van der Waals surface area contributed by atoms with Crippen LogP contribution in [0, 0.1) is 0 Å². The quantitative estimate of drug-likeness (QED) is 0.357. The molecule has 5 aromatic rings. The van der Waals surface area contributed by atoms with Crippen molar-refractivity contribution >= 4 is 32.4 Å². The van der Waals surface area contributed by atoms with Gasteiger partial charge in [-0.2, -0.15) is 0 Å². The minimum absolute atomic E-state index is 1.17. The van der Waals surface area contributed by atoms with E-state index in [0.29, 0.717) is 0 Å². The molecular weight excluding hydrogens is 278 g/mol. The number of aromatic nitrogens is 1. The zero-order valence-corrected chi connectivity index (χ0v) is 12.6. The number of aromatic amines is 1. The molecule has 5 rings (SSSR count). The number of hydrogen-bond donors (Lipinski definition) is 1. The lowest BCUT2D eigenvalue weighted by Crippen LogP contribution is -1.84. The van der Waals surface area contributed by atoms with Gasteiger partial charge in [-0.15, -0.1) is 0 Å². The lowest BCUT2D eigenvalue weighted by atomic mass is 9.96. The summed E-state index contributed by atoms with van der Waals surface area (Å²) in [5.41, 5.74) is 3.61. The van der Waals surface area contributed by atoms with Crippen LogP contribution in [0.25, 0.3) is 43.7 Å². The average molecular weight is 293 g/mol. The Bertz CT molecular complexity index is 1130. The first-order valence-corrected chi connectivity index (χ1v) is 7.89. The third kappa shape index (κ3) is 1.87. The Kier molecular flexibility index (Phi) is 2.56. The van der Waals surface area contributed by atoms with Crippen LogP contribution in [-0.4, -0.2) is 4.98 Å². The number of benzene rings is 4. The number of hydrogen-bond acceptors (Lipinski definition) is 0. The van der Waals surface area contributed by atoms with Crippen LogP contribution < -0.4 is 0 Å². The Morgan fingerprint density at radius 3 is 2.00 bits per heavy atom. The van der Waals surface area contributed by atoms with Crippen molar-refractivity contribution in [3.05, 3.63) is 84.9 Å². The number of fused-ring (bicyclic) bond motifs is 4. The third-order valence-corrected chi connectivity index (χ3v) is 4.59. The molecular formula is C22H15N. The van der Waals surface area contributed by atoms with Crippen LogP contribution in [0.1, 0.15) is 0 Å². The van der Waals surface area contributed by atoms with Gasteiger partial charge in [0.05, 0.1) is 0 Å². The molecule has 1 heterocycles. The highest BCUT2D eigenvalue weighted by molar-refractivity contribution is 6.13. The van der Waals surface area contributed by atoms with E-state index in [1.54, 1.807) is 0 Å². The van der Waals surface area contributed by atoms with Crippen LogP contribution in [-0.2, 0) is 0 Å². The summed E-state index contributed by atoms with van der Waals surface area (Å²) in [6, 6.07) is 30.2. The van der Waals surface area contributed by atoms with Crippen molar-refractivity contribution in [1.29, 1.82) is 0 Å². The molecule has 4 aromatic carbocycles. The van der Waals surface area contributed by atoms with Crippen molar-refractivity contribution in [3.63, 3.8) is 0 Å². The monoisotopic (exact) mass is 293 g/mol. The Morgan fingerprint density at radius 1 is 0.522 bits per heavy atom. The highest BCUT2D eigenvalue weighted by atomic mass is 14.7. The van der Waals surface area contributed by atoms with E-state index in [2.05, 4.69) is 89.9 Å². The van der Waals surface area contributed by atoms with E-state index >= 15 is 0 Å². The number of rotatable bonds is 1. The molecule has 1 aromatic heterocycles. The second-order valence-corrected chi connectivity index (χ2v) is 5.96. The SMILES string of the molecule is c1ccc2[nH]c(-c3cc4ccccc4c4ccccc34)cc2c1. The molecule has 0 aliphatic rings. The van der Waals surface area contributed by atoms with E-state index in [0.717, 1.165) is 0 Å². The van der Waals surface area contributed by atoms with Gasteiger partial charge < -0.3 is 4.98 Å². The fourth-order valence-corrected chi connectivity index (χ4v) is 3.50. The Morgan fingerprint density at radius 2 is 1.17 bits per heavy atom. The largest absolute Gasteiger partial charge is 0.355 e. The predicted molar refractivity (Wildman–Crippen MR) is 98.7 cm³/mol. The third-order valence-electron chi connectivity index (χ3n) is 4.59. The first-order valence-electron chi connectivity index (χ1n) is 7.89. The van der Waals surface area contributed by atoms with Gasteiger partial charge in [0.1, 0.15) is 0 Å². The number of para-hydroxylation sites is 1. The van der Waals surface area contributed by atoms with Gasteiger partial charge in [0.2, 0.25) is 0 Å². The summed E-state index contributed by atoms with van der Waals surface area (Å²) in [5, 5.41) is 6.43. The molecule has 0 amide bonds. The average Bonchev–Trinajstić information content (AvgIpc) is 3.05. The first-order chi connectivity index (χ1) is 11.4. The zero-order valence-electron chi connectivity index (χ0n) is 12.6. The standard InChI is InChI=1S/C22H15N/c1-3-9-17-15(7-1)13-20(19-11-5-4-10-18(17)19)22-14-16-8-2-6-12-21(16)23-22/h1-14,23H. The minimum atomic E-state index is 1.17. The van der Waals surface area contributed by atoms with E-state index in [9.17, 15) is 0 Å². The van der Waals surface area contributed by atoms with Gasteiger partial charge in [-0.3, -0.25) is 0 Å². The van der Waals surface area contributed by atoms with Crippen LogP contribution in [0.2, 0.25) is 0 Å². The molecule has 1 heteroatoms. The van der Waals surface area contributed by atoms with Crippen LogP contribution in [0.5, 0.6) is 0 Å². The summed E-state index contributed by atoms with van der Waals surface area (Å²) >= 11 is 0. The molecule has 1 N–H and O–H groups in total. The normalized spacial score (nSPS) is 11.5. The molecule has 0 radical (unpaired) electrons. The van der Waals surface area contributed by atoms with Gasteiger partial charge >= 0.3 is 0 Å². The van der Waals surface area contributed by atoms with Crippen LogP contribution in [0.3, 0.4) is 0 Å². The number of H-pyrrole nitrogens is 1. The molecule has 1 nitrogen and oxygen atoms in total. The highest BCUT2D eigenvalue weighted by Crippen LogP contribution is 2.35. The van der Waals surface area contributed by atoms with E-state index in [-0.39, 0.29) is 0 Å². The van der Waals surface area contributed by atoms with Gasteiger partial charge in [-0.05, 0) is 39.7 Å². The Balaban J connectivity index is 1.92. The van der Waals surface area contributed by atoms with Gasteiger partial charge in [-0.25, -0.2) is 0 Å². The first kappa shape index (κ1) is 12.5. The molecule has 0 atom stereocenters. The molecule has 0 saturated heterocycles. The lowest BCUT2D eigenvalue weighted by Gasteiger charge is -2.09. The highest BCUT2D eigenvalue weighted by Gasteiger charge is 2.10. The van der Waals surface area contributed by atoms with Crippen LogP contribution in [0.15, 0.2) is 84.9 Å². The van der Waals surface area contributed by atoms with E-state index in [1.807, 2.05) is 0 Å². The van der Waals surface area contributed by atoms with Crippen LogP contribution >= 0.6 is 0 Å². The fourth-order valence-electron chi connectivity index (χ4n) is 3.50. The maximum Gasteiger partial charge on any atom is 0.0471 e. The summed E-state index contributed by atoms with van der Waals surface area (Å²) < 4.78 is 0. The second-order valence-electron chi connectivity index (χ2n) is 5.96. The molecule has 0 fully saturated rings. The van der Waals surface area contributed by atoms with Crippen LogP contribution in [0.4, 0.5) is 0 Å². The summed E-state index contributed by atoms with van der Waals surface area (Å²) in [6.45, 7) is 0. The maximum atomic E-state index is 3.57. The van der Waals surface area contributed by atoms with Crippen molar-refractivity contribution < 1.29 is 0 Å². The molecule has 0 aliphatic heterocycles. The fraction of sp³-hybridized carbons (Fsp3) is 0. The van der Waals surface area contributed by atoms with Gasteiger partial charge in [0.25, 0.3) is 0 Å². The van der Waals surface area contributed by atoms with E-state index in [4.69, 9.17) is 0 Å². The summed E-state index contributed by atoms with van der Waals surface area (Å²) in [6.07, 6.45) is 0. The summed E-state index contributed by atoms with van der Waals surface area (Å²) in [5.74, 6) is 0. The van der Waals surface area contributed by atoms with Crippen molar-refractivity contribution in [3.8, 4) is 11.3 Å². The van der Waals surface area contributed by atoms with Crippen molar-refractivity contribution in [2.45, 2.75) is 0 Å². The smallest absolute Gasteiger partial charge is 0.0471 e. The van der Waals surface area contributed by atoms with Crippen molar-refractivity contribution in [1.82, 2.24) is 4.98 Å². The summed E-state index contributed by atoms with van der Waals surface area (Å²) in [4.78, 5) is 3.57. The molecule has 23 heavy (non-hydrogen) atoms. The van der Waals surface area contributed by atoms with Gasteiger partial charge in [0, 0.05) is 22.2 Å². The minimum Gasteiger partial charge on any atom is -0.355 e. The van der Waals surface area contributed by atoms with E-state index in [1.165, 1.54) is 43.7 Å². The Hall–Kier alpha value is -3.06. The lowest BCUT2D eigenvalue weighted by molar-refractivity contribution is 1.47. The van der Waals surface area contributed by atoms with Crippen molar-refractivity contribution in [2.75, 3.05) is 0 Å². The second kappa shape index (κ2) is 4.72. The molecule has 0 unspecified atom stereocenters. The molecule has 0 saturated carbocycles. The Labute approximate surface area is 134 Å². The molecule has 0 aliphatic carbocycles. The molecule has 108 valence electrons. The molecule has 0 bridgehead atoms. The van der Waals surface area contributed by atoms with E-state index < -0.39 is 0 Å². The topological polar surface area (TPSA) is 15.8 Å². The zero-order chi connectivity index (χ0) is 15.2. The predicted octanol–water partition coefficient (Wildman–Crippen LogP) is 6.14. The van der Waals surface area contributed by atoms with Crippen molar-refractivity contribution in [2.24, 2.45) is 0 Å². The van der Waals surface area contributed by atoms with Gasteiger partial charge in [-0.1, -0.05) is 66.7 Å². The molecule has 0 spiro atoms. The summed E-state index contributed by atoms with van der Waals surface area (Å²) in [7, 11) is 0.